The molecule has 0 aliphatic rings. The first-order valence-electron chi connectivity index (χ1n) is 9.00. The van der Waals surface area contributed by atoms with Gasteiger partial charge in [0.2, 0.25) is 0 Å². The monoisotopic (exact) mass is 395 g/mol. The van der Waals surface area contributed by atoms with Crippen molar-refractivity contribution in [2.45, 2.75) is 40.2 Å². The van der Waals surface area contributed by atoms with Crippen LogP contribution in [0.15, 0.2) is 27.2 Å². The standard InChI is InChI=1S/C20H18ClN5O2/c1-4-5-14-8-15-16(7-6-13(9-22)19(15)21)26(14)10-17-23-20(28-25-17)18-11(2)24-27-12(18)3/h6-8H,4-5,10H2,1-3H3. The molecule has 8 heteroatoms. The molecule has 1 aromatic carbocycles. The van der Waals surface area contributed by atoms with Crippen LogP contribution in [0.2, 0.25) is 5.02 Å². The quantitative estimate of drug-likeness (QED) is 0.480. The average Bonchev–Trinajstić information content (AvgIpc) is 3.36. The van der Waals surface area contributed by atoms with Crippen molar-refractivity contribution in [3.8, 4) is 17.5 Å². The molecule has 0 radical (unpaired) electrons. The van der Waals surface area contributed by atoms with Crippen molar-refractivity contribution in [3.05, 3.63) is 51.8 Å². The second kappa shape index (κ2) is 7.13. The van der Waals surface area contributed by atoms with Gasteiger partial charge in [0.25, 0.3) is 5.89 Å². The van der Waals surface area contributed by atoms with Crippen LogP contribution in [0.25, 0.3) is 22.4 Å². The number of nitrogens with zero attached hydrogens (tertiary/aromatic N) is 5. The Morgan fingerprint density at radius 1 is 1.21 bits per heavy atom. The number of hydrogen-bond acceptors (Lipinski definition) is 6. The zero-order valence-corrected chi connectivity index (χ0v) is 16.5. The van der Waals surface area contributed by atoms with Crippen LogP contribution in [0.4, 0.5) is 0 Å². The van der Waals surface area contributed by atoms with Gasteiger partial charge in [0.15, 0.2) is 5.82 Å². The maximum atomic E-state index is 9.24. The van der Waals surface area contributed by atoms with E-state index < -0.39 is 0 Å². The molecule has 0 N–H and O–H groups in total. The Balaban J connectivity index is 1.77. The lowest BCUT2D eigenvalue weighted by atomic mass is 10.1. The van der Waals surface area contributed by atoms with Crippen molar-refractivity contribution in [1.29, 1.82) is 5.26 Å². The largest absolute Gasteiger partial charge is 0.361 e. The van der Waals surface area contributed by atoms with Crippen LogP contribution >= 0.6 is 11.6 Å². The molecule has 0 aliphatic carbocycles. The lowest BCUT2D eigenvalue weighted by molar-refractivity contribution is 0.391. The summed E-state index contributed by atoms with van der Waals surface area (Å²) in [7, 11) is 0. The number of benzene rings is 1. The van der Waals surface area contributed by atoms with E-state index in [1.54, 1.807) is 6.07 Å². The summed E-state index contributed by atoms with van der Waals surface area (Å²) >= 11 is 6.43. The number of aryl methyl sites for hydroxylation is 3. The molecule has 0 saturated carbocycles. The third kappa shape index (κ3) is 2.96. The number of rotatable bonds is 5. The summed E-state index contributed by atoms with van der Waals surface area (Å²) in [6, 6.07) is 7.82. The molecule has 4 aromatic rings. The summed E-state index contributed by atoms with van der Waals surface area (Å²) in [5, 5.41) is 18.6. The van der Waals surface area contributed by atoms with Gasteiger partial charge in [0.1, 0.15) is 17.4 Å². The predicted molar refractivity (Wildman–Crippen MR) is 104 cm³/mol. The van der Waals surface area contributed by atoms with E-state index in [0.29, 0.717) is 40.3 Å². The van der Waals surface area contributed by atoms with Crippen molar-refractivity contribution < 1.29 is 9.05 Å². The summed E-state index contributed by atoms with van der Waals surface area (Å²) in [6.07, 6.45) is 1.86. The van der Waals surface area contributed by atoms with Gasteiger partial charge in [-0.05, 0) is 38.5 Å². The van der Waals surface area contributed by atoms with Crippen LogP contribution in [-0.2, 0) is 13.0 Å². The van der Waals surface area contributed by atoms with E-state index in [1.165, 1.54) is 0 Å². The van der Waals surface area contributed by atoms with E-state index in [9.17, 15) is 5.26 Å². The Morgan fingerprint density at radius 3 is 2.71 bits per heavy atom. The van der Waals surface area contributed by atoms with Gasteiger partial charge in [0, 0.05) is 11.1 Å². The van der Waals surface area contributed by atoms with E-state index in [1.807, 2.05) is 26.0 Å². The molecule has 0 atom stereocenters. The van der Waals surface area contributed by atoms with Gasteiger partial charge in [-0.25, -0.2) is 0 Å². The van der Waals surface area contributed by atoms with Gasteiger partial charge in [-0.2, -0.15) is 10.2 Å². The van der Waals surface area contributed by atoms with Crippen molar-refractivity contribution in [1.82, 2.24) is 19.9 Å². The minimum Gasteiger partial charge on any atom is -0.361 e. The van der Waals surface area contributed by atoms with Gasteiger partial charge < -0.3 is 13.6 Å². The summed E-state index contributed by atoms with van der Waals surface area (Å²) in [6.45, 7) is 6.21. The van der Waals surface area contributed by atoms with Crippen molar-refractivity contribution in [2.24, 2.45) is 0 Å². The lowest BCUT2D eigenvalue weighted by Gasteiger charge is -2.08. The Labute approximate surface area is 166 Å². The van der Waals surface area contributed by atoms with Crippen molar-refractivity contribution in [3.63, 3.8) is 0 Å². The molecule has 0 saturated heterocycles. The number of fused-ring (bicyclic) bond motifs is 1. The van der Waals surface area contributed by atoms with Crippen molar-refractivity contribution in [2.75, 3.05) is 0 Å². The molecule has 0 aliphatic heterocycles. The number of hydrogen-bond donors (Lipinski definition) is 0. The molecule has 0 fully saturated rings. The molecule has 142 valence electrons. The Hall–Kier alpha value is -3.11. The Morgan fingerprint density at radius 2 is 2.04 bits per heavy atom. The molecular formula is C20H18ClN5O2. The first-order chi connectivity index (χ1) is 13.5. The number of aromatic nitrogens is 4. The minimum absolute atomic E-state index is 0.393. The first-order valence-corrected chi connectivity index (χ1v) is 9.37. The van der Waals surface area contributed by atoms with Crippen LogP contribution in [-0.4, -0.2) is 19.9 Å². The fourth-order valence-corrected chi connectivity index (χ4v) is 3.70. The summed E-state index contributed by atoms with van der Waals surface area (Å²) < 4.78 is 12.8. The van der Waals surface area contributed by atoms with Crippen LogP contribution < -0.4 is 0 Å². The highest BCUT2D eigenvalue weighted by atomic mass is 35.5. The summed E-state index contributed by atoms with van der Waals surface area (Å²) in [4.78, 5) is 4.53. The van der Waals surface area contributed by atoms with Gasteiger partial charge in [-0.15, -0.1) is 0 Å². The van der Waals surface area contributed by atoms with Crippen LogP contribution in [0, 0.1) is 25.2 Å². The average molecular weight is 396 g/mol. The molecular weight excluding hydrogens is 378 g/mol. The molecule has 0 spiro atoms. The third-order valence-electron chi connectivity index (χ3n) is 4.75. The topological polar surface area (TPSA) is 93.7 Å². The fraction of sp³-hybridized carbons (Fsp3) is 0.300. The van der Waals surface area contributed by atoms with Crippen molar-refractivity contribution >= 4 is 22.5 Å². The smallest absolute Gasteiger partial charge is 0.263 e. The zero-order chi connectivity index (χ0) is 19.8. The molecule has 3 aromatic heterocycles. The lowest BCUT2D eigenvalue weighted by Crippen LogP contribution is -2.05. The Bertz CT molecular complexity index is 1190. The van der Waals surface area contributed by atoms with E-state index in [-0.39, 0.29) is 0 Å². The molecule has 7 nitrogen and oxygen atoms in total. The second-order valence-corrected chi connectivity index (χ2v) is 7.04. The second-order valence-electron chi connectivity index (χ2n) is 6.66. The van der Waals surface area contributed by atoms with E-state index in [2.05, 4.69) is 32.9 Å². The minimum atomic E-state index is 0.393. The predicted octanol–water partition coefficient (Wildman–Crippen LogP) is 4.82. The highest BCUT2D eigenvalue weighted by Gasteiger charge is 2.20. The van der Waals surface area contributed by atoms with E-state index in [4.69, 9.17) is 20.6 Å². The van der Waals surface area contributed by atoms with E-state index in [0.717, 1.165) is 35.0 Å². The first kappa shape index (κ1) is 18.3. The molecule has 0 unspecified atom stereocenters. The Kier molecular flexibility index (Phi) is 4.65. The number of halogens is 1. The SMILES string of the molecule is CCCc1cc2c(Cl)c(C#N)ccc2n1Cc1noc(-c2c(C)noc2C)n1. The molecule has 4 rings (SSSR count). The third-order valence-corrected chi connectivity index (χ3v) is 5.15. The maximum absolute atomic E-state index is 9.24. The van der Waals surface area contributed by atoms with E-state index >= 15 is 0 Å². The summed E-state index contributed by atoms with van der Waals surface area (Å²) in [5.41, 5.74) is 3.96. The van der Waals surface area contributed by atoms with Gasteiger partial charge in [-0.3, -0.25) is 0 Å². The van der Waals surface area contributed by atoms with Gasteiger partial charge >= 0.3 is 0 Å². The zero-order valence-electron chi connectivity index (χ0n) is 15.8. The van der Waals surface area contributed by atoms with Crippen LogP contribution in [0.5, 0.6) is 0 Å². The normalized spacial score (nSPS) is 11.2. The fourth-order valence-electron chi connectivity index (χ4n) is 3.44. The van der Waals surface area contributed by atoms with Crippen LogP contribution in [0.1, 0.15) is 41.9 Å². The molecule has 3 heterocycles. The van der Waals surface area contributed by atoms with Gasteiger partial charge in [0.05, 0.1) is 28.3 Å². The summed E-state index contributed by atoms with van der Waals surface area (Å²) in [5.74, 6) is 1.58. The van der Waals surface area contributed by atoms with Gasteiger partial charge in [-0.1, -0.05) is 35.3 Å². The molecule has 0 amide bonds. The molecule has 0 bridgehead atoms. The highest BCUT2D eigenvalue weighted by Crippen LogP contribution is 2.31. The molecule has 28 heavy (non-hydrogen) atoms. The highest BCUT2D eigenvalue weighted by molar-refractivity contribution is 6.36. The maximum Gasteiger partial charge on any atom is 0.263 e. The number of nitriles is 1. The van der Waals surface area contributed by atoms with Crippen LogP contribution in [0.3, 0.4) is 0 Å².